The van der Waals surface area contributed by atoms with Crippen LogP contribution in [0.25, 0.3) is 0 Å². The van der Waals surface area contributed by atoms with Gasteiger partial charge in [-0.05, 0) is 24.7 Å². The van der Waals surface area contributed by atoms with E-state index in [9.17, 15) is 0 Å². The normalized spacial score (nSPS) is 21.0. The first-order valence-corrected chi connectivity index (χ1v) is 6.22. The molecule has 3 N–H and O–H groups in total. The highest BCUT2D eigenvalue weighted by Gasteiger charge is 2.23. The number of hydrogen-bond acceptors (Lipinski definition) is 5. The smallest absolute Gasteiger partial charge is 0.237 e. The molecule has 1 fully saturated rings. The van der Waals surface area contributed by atoms with Crippen molar-refractivity contribution < 1.29 is 0 Å². The van der Waals surface area contributed by atoms with E-state index < -0.39 is 0 Å². The molecule has 0 amide bonds. The zero-order valence-electron chi connectivity index (χ0n) is 10.6. The first kappa shape index (κ1) is 12.1. The van der Waals surface area contributed by atoms with E-state index in [-0.39, 0.29) is 0 Å². The van der Waals surface area contributed by atoms with Crippen LogP contribution >= 0.6 is 0 Å². The maximum atomic E-state index is 5.55. The van der Waals surface area contributed by atoms with Crippen LogP contribution in [0.1, 0.15) is 26.7 Å². The maximum Gasteiger partial charge on any atom is 0.237 e. The van der Waals surface area contributed by atoms with Crippen LogP contribution in [0.3, 0.4) is 0 Å². The van der Waals surface area contributed by atoms with E-state index in [2.05, 4.69) is 34.3 Å². The molecule has 2 rings (SSSR count). The van der Waals surface area contributed by atoms with Crippen LogP contribution in [0.15, 0.2) is 12.4 Å². The molecule has 0 unspecified atom stereocenters. The number of aromatic nitrogens is 2. The SMILES string of the molecule is CC(C)C[C@@H]1CCN(Nc2ncc(N)cn2)C1. The second kappa shape index (κ2) is 5.31. The average molecular weight is 235 g/mol. The molecule has 1 aromatic heterocycles. The van der Waals surface area contributed by atoms with Gasteiger partial charge in [-0.15, -0.1) is 0 Å². The van der Waals surface area contributed by atoms with Gasteiger partial charge in [-0.3, -0.25) is 5.43 Å². The molecule has 0 aliphatic carbocycles. The predicted octanol–water partition coefficient (Wildman–Crippen LogP) is 1.75. The first-order chi connectivity index (χ1) is 8.13. The van der Waals surface area contributed by atoms with Crippen molar-refractivity contribution in [3.8, 4) is 0 Å². The van der Waals surface area contributed by atoms with Crippen LogP contribution in [0.4, 0.5) is 11.6 Å². The van der Waals surface area contributed by atoms with Gasteiger partial charge in [0.15, 0.2) is 0 Å². The van der Waals surface area contributed by atoms with E-state index in [4.69, 9.17) is 5.73 Å². The fourth-order valence-corrected chi connectivity index (χ4v) is 2.33. The number of anilines is 2. The van der Waals surface area contributed by atoms with Crippen molar-refractivity contribution in [3.63, 3.8) is 0 Å². The Bertz CT molecular complexity index is 348. The number of nitrogen functional groups attached to an aromatic ring is 1. The van der Waals surface area contributed by atoms with E-state index in [1.165, 1.54) is 12.8 Å². The van der Waals surface area contributed by atoms with Crippen LogP contribution in [-0.2, 0) is 0 Å². The highest BCUT2D eigenvalue weighted by molar-refractivity contribution is 5.35. The first-order valence-electron chi connectivity index (χ1n) is 6.22. The molecule has 0 spiro atoms. The van der Waals surface area contributed by atoms with E-state index in [1.807, 2.05) is 0 Å². The fourth-order valence-electron chi connectivity index (χ4n) is 2.33. The summed E-state index contributed by atoms with van der Waals surface area (Å²) in [7, 11) is 0. The highest BCUT2D eigenvalue weighted by Crippen LogP contribution is 2.23. The largest absolute Gasteiger partial charge is 0.396 e. The van der Waals surface area contributed by atoms with Crippen molar-refractivity contribution in [2.45, 2.75) is 26.7 Å². The Morgan fingerprint density at radius 2 is 2.18 bits per heavy atom. The molecule has 0 radical (unpaired) electrons. The number of rotatable bonds is 4. The lowest BCUT2D eigenvalue weighted by Crippen LogP contribution is -2.28. The summed E-state index contributed by atoms with van der Waals surface area (Å²) in [4.78, 5) is 8.28. The number of nitrogens with two attached hydrogens (primary N) is 1. The van der Waals surface area contributed by atoms with E-state index in [1.54, 1.807) is 12.4 Å². The lowest BCUT2D eigenvalue weighted by molar-refractivity contribution is 0.360. The number of nitrogens with one attached hydrogen (secondary N) is 1. The number of nitrogens with zero attached hydrogens (tertiary/aromatic N) is 3. The standard InChI is InChI=1S/C12H21N5/c1-9(2)5-10-3-4-17(8-10)16-12-14-6-11(13)7-15-12/h6-7,9-10H,3-5,8,13H2,1-2H3,(H,14,15,16)/t10-/m0/s1. The molecule has 1 aromatic rings. The summed E-state index contributed by atoms with van der Waals surface area (Å²) < 4.78 is 0. The van der Waals surface area contributed by atoms with Crippen molar-refractivity contribution >= 4 is 11.6 Å². The van der Waals surface area contributed by atoms with E-state index in [0.29, 0.717) is 11.6 Å². The molecule has 1 atom stereocenters. The number of hydrazine groups is 1. The lowest BCUT2D eigenvalue weighted by atomic mass is 9.97. The molecule has 5 heteroatoms. The van der Waals surface area contributed by atoms with Gasteiger partial charge >= 0.3 is 0 Å². The predicted molar refractivity (Wildman–Crippen MR) is 69.2 cm³/mol. The third-order valence-corrected chi connectivity index (χ3v) is 3.02. The van der Waals surface area contributed by atoms with Crippen LogP contribution in [0.5, 0.6) is 0 Å². The molecule has 1 aliphatic rings. The molecule has 94 valence electrons. The molecular weight excluding hydrogens is 214 g/mol. The fraction of sp³-hybridized carbons (Fsp3) is 0.667. The van der Waals surface area contributed by atoms with Gasteiger partial charge in [0.05, 0.1) is 18.1 Å². The van der Waals surface area contributed by atoms with Gasteiger partial charge in [-0.2, -0.15) is 0 Å². The Morgan fingerprint density at radius 1 is 1.47 bits per heavy atom. The monoisotopic (exact) mass is 235 g/mol. The van der Waals surface area contributed by atoms with E-state index in [0.717, 1.165) is 24.9 Å². The minimum absolute atomic E-state index is 0.592. The van der Waals surface area contributed by atoms with Crippen molar-refractivity contribution in [2.75, 3.05) is 24.2 Å². The molecule has 5 nitrogen and oxygen atoms in total. The zero-order chi connectivity index (χ0) is 12.3. The zero-order valence-corrected chi connectivity index (χ0v) is 10.6. The highest BCUT2D eigenvalue weighted by atomic mass is 15.5. The summed E-state index contributed by atoms with van der Waals surface area (Å²) in [6.07, 6.45) is 5.79. The van der Waals surface area contributed by atoms with Crippen LogP contribution in [0.2, 0.25) is 0 Å². The van der Waals surface area contributed by atoms with Crippen LogP contribution in [0, 0.1) is 11.8 Å². The quantitative estimate of drug-likeness (QED) is 0.832. The third kappa shape index (κ3) is 3.56. The summed E-state index contributed by atoms with van der Waals surface area (Å²) >= 11 is 0. The minimum Gasteiger partial charge on any atom is -0.396 e. The van der Waals surface area contributed by atoms with Gasteiger partial charge < -0.3 is 5.73 Å². The van der Waals surface area contributed by atoms with Crippen molar-refractivity contribution in [1.29, 1.82) is 0 Å². The summed E-state index contributed by atoms with van der Waals surface area (Å²) in [5.74, 6) is 2.19. The molecule has 17 heavy (non-hydrogen) atoms. The molecule has 0 saturated carbocycles. The van der Waals surface area contributed by atoms with Gasteiger partial charge in [0, 0.05) is 13.1 Å². The van der Waals surface area contributed by atoms with Crippen molar-refractivity contribution in [1.82, 2.24) is 15.0 Å². The Balaban J connectivity index is 1.83. The summed E-state index contributed by atoms with van der Waals surface area (Å²) in [6.45, 7) is 6.69. The van der Waals surface area contributed by atoms with Crippen LogP contribution < -0.4 is 11.2 Å². The van der Waals surface area contributed by atoms with Crippen LogP contribution in [-0.4, -0.2) is 28.1 Å². The van der Waals surface area contributed by atoms with Gasteiger partial charge in [-0.25, -0.2) is 15.0 Å². The summed E-state index contributed by atoms with van der Waals surface area (Å²) in [5, 5.41) is 2.19. The Kier molecular flexibility index (Phi) is 3.78. The molecule has 0 aromatic carbocycles. The second-order valence-electron chi connectivity index (χ2n) is 5.18. The molecule has 1 aliphatic heterocycles. The lowest BCUT2D eigenvalue weighted by Gasteiger charge is -2.17. The Labute approximate surface area is 102 Å². The average Bonchev–Trinajstić information content (AvgIpc) is 2.68. The van der Waals surface area contributed by atoms with Gasteiger partial charge in [0.25, 0.3) is 0 Å². The van der Waals surface area contributed by atoms with Crippen molar-refractivity contribution in [2.24, 2.45) is 11.8 Å². The molecule has 0 bridgehead atoms. The molecule has 2 heterocycles. The minimum atomic E-state index is 0.592. The summed E-state index contributed by atoms with van der Waals surface area (Å²) in [5.41, 5.74) is 9.36. The summed E-state index contributed by atoms with van der Waals surface area (Å²) in [6, 6.07) is 0. The third-order valence-electron chi connectivity index (χ3n) is 3.02. The Morgan fingerprint density at radius 3 is 2.82 bits per heavy atom. The van der Waals surface area contributed by atoms with Crippen molar-refractivity contribution in [3.05, 3.63) is 12.4 Å². The van der Waals surface area contributed by atoms with Gasteiger partial charge in [-0.1, -0.05) is 13.8 Å². The topological polar surface area (TPSA) is 67.1 Å². The number of hydrogen-bond donors (Lipinski definition) is 2. The second-order valence-corrected chi connectivity index (χ2v) is 5.18. The van der Waals surface area contributed by atoms with E-state index >= 15 is 0 Å². The maximum absolute atomic E-state index is 5.55. The van der Waals surface area contributed by atoms with Gasteiger partial charge in [0.1, 0.15) is 0 Å². The molecular formula is C12H21N5. The Hall–Kier alpha value is -1.36. The molecule has 1 saturated heterocycles. The van der Waals surface area contributed by atoms with Gasteiger partial charge in [0.2, 0.25) is 5.95 Å².